The summed E-state index contributed by atoms with van der Waals surface area (Å²) in [7, 11) is 0. The van der Waals surface area contributed by atoms with E-state index in [2.05, 4.69) is 5.32 Å². The van der Waals surface area contributed by atoms with Gasteiger partial charge >= 0.3 is 0 Å². The third-order valence-electron chi connectivity index (χ3n) is 2.99. The second-order valence-corrected chi connectivity index (χ2v) is 5.04. The van der Waals surface area contributed by atoms with Gasteiger partial charge in [0.25, 0.3) is 0 Å². The highest BCUT2D eigenvalue weighted by Gasteiger charge is 2.35. The molecule has 4 N–H and O–H groups in total. The molecule has 3 nitrogen and oxygen atoms in total. The molecule has 0 heterocycles. The molecule has 90 valence electrons. The monoisotopic (exact) mass is 226 g/mol. The standard InChI is InChI=1S/C12H19FN2O/c1-11(2,12(3,4)16)15-10-7-8(13)5-6-9(10)14/h5-7,15-16H,14H2,1-4H3. The highest BCUT2D eigenvalue weighted by atomic mass is 19.1. The van der Waals surface area contributed by atoms with Crippen LogP contribution in [0.3, 0.4) is 0 Å². The van der Waals surface area contributed by atoms with Crippen molar-refractivity contribution in [1.29, 1.82) is 0 Å². The topological polar surface area (TPSA) is 58.3 Å². The van der Waals surface area contributed by atoms with Gasteiger partial charge in [-0.15, -0.1) is 0 Å². The van der Waals surface area contributed by atoms with Crippen LogP contribution in [-0.4, -0.2) is 16.2 Å². The van der Waals surface area contributed by atoms with Gasteiger partial charge in [-0.2, -0.15) is 0 Å². The minimum absolute atomic E-state index is 0.358. The molecule has 0 aliphatic carbocycles. The zero-order valence-electron chi connectivity index (χ0n) is 10.1. The van der Waals surface area contributed by atoms with Crippen molar-refractivity contribution in [3.8, 4) is 0 Å². The average Bonchev–Trinajstić information content (AvgIpc) is 2.09. The van der Waals surface area contributed by atoms with E-state index in [0.717, 1.165) is 0 Å². The van der Waals surface area contributed by atoms with Gasteiger partial charge in [-0.1, -0.05) is 0 Å². The lowest BCUT2D eigenvalue weighted by molar-refractivity contribution is 0.0240. The first kappa shape index (κ1) is 12.8. The van der Waals surface area contributed by atoms with Crippen molar-refractivity contribution >= 4 is 11.4 Å². The molecule has 0 unspecified atom stereocenters. The van der Waals surface area contributed by atoms with E-state index in [1.54, 1.807) is 13.8 Å². The predicted molar refractivity (Wildman–Crippen MR) is 64.8 cm³/mol. The number of hydrogen-bond donors (Lipinski definition) is 3. The van der Waals surface area contributed by atoms with Crippen LogP contribution in [0.4, 0.5) is 15.8 Å². The lowest BCUT2D eigenvalue weighted by atomic mass is 9.85. The van der Waals surface area contributed by atoms with Crippen LogP contribution < -0.4 is 11.1 Å². The molecule has 0 bridgehead atoms. The summed E-state index contributed by atoms with van der Waals surface area (Å²) >= 11 is 0. The minimum Gasteiger partial charge on any atom is -0.397 e. The van der Waals surface area contributed by atoms with Gasteiger partial charge in [0.15, 0.2) is 0 Å². The molecule has 0 amide bonds. The number of benzene rings is 1. The van der Waals surface area contributed by atoms with E-state index in [1.165, 1.54) is 18.2 Å². The van der Waals surface area contributed by atoms with E-state index in [1.807, 2.05) is 13.8 Å². The zero-order valence-corrected chi connectivity index (χ0v) is 10.1. The maximum atomic E-state index is 13.1. The van der Waals surface area contributed by atoms with Crippen LogP contribution in [0.25, 0.3) is 0 Å². The summed E-state index contributed by atoms with van der Waals surface area (Å²) in [4.78, 5) is 0. The molecular weight excluding hydrogens is 207 g/mol. The maximum Gasteiger partial charge on any atom is 0.125 e. The first-order valence-corrected chi connectivity index (χ1v) is 5.19. The van der Waals surface area contributed by atoms with Crippen molar-refractivity contribution in [1.82, 2.24) is 0 Å². The molecule has 0 radical (unpaired) electrons. The van der Waals surface area contributed by atoms with Gasteiger partial charge in [0, 0.05) is 0 Å². The molecule has 0 spiro atoms. The van der Waals surface area contributed by atoms with Gasteiger partial charge in [0.05, 0.1) is 22.5 Å². The Morgan fingerprint density at radius 2 is 1.81 bits per heavy atom. The zero-order chi connectivity index (χ0) is 12.6. The van der Waals surface area contributed by atoms with Crippen molar-refractivity contribution in [2.24, 2.45) is 0 Å². The molecule has 0 aliphatic heterocycles. The summed E-state index contributed by atoms with van der Waals surface area (Å²) < 4.78 is 13.1. The Bertz CT molecular complexity index is 383. The smallest absolute Gasteiger partial charge is 0.125 e. The van der Waals surface area contributed by atoms with Crippen molar-refractivity contribution < 1.29 is 9.50 Å². The number of aliphatic hydroxyl groups is 1. The van der Waals surface area contributed by atoms with E-state index in [-0.39, 0.29) is 5.82 Å². The number of hydrogen-bond acceptors (Lipinski definition) is 3. The number of anilines is 2. The third-order valence-corrected chi connectivity index (χ3v) is 2.99. The third kappa shape index (κ3) is 2.64. The molecule has 0 saturated heterocycles. The fourth-order valence-corrected chi connectivity index (χ4v) is 1.13. The molecule has 0 fully saturated rings. The second kappa shape index (κ2) is 3.94. The number of halogens is 1. The quantitative estimate of drug-likeness (QED) is 0.693. The Balaban J connectivity index is 3.01. The van der Waals surface area contributed by atoms with Gasteiger partial charge < -0.3 is 16.2 Å². The Morgan fingerprint density at radius 3 is 2.31 bits per heavy atom. The van der Waals surface area contributed by atoms with Gasteiger partial charge in [-0.05, 0) is 45.9 Å². The fourth-order valence-electron chi connectivity index (χ4n) is 1.13. The molecule has 0 saturated carbocycles. The summed E-state index contributed by atoms with van der Waals surface area (Å²) in [5.74, 6) is -0.358. The lowest BCUT2D eigenvalue weighted by Gasteiger charge is -2.39. The van der Waals surface area contributed by atoms with Crippen LogP contribution in [0.5, 0.6) is 0 Å². The fraction of sp³-hybridized carbons (Fsp3) is 0.500. The van der Waals surface area contributed by atoms with Crippen LogP contribution in [0.2, 0.25) is 0 Å². The summed E-state index contributed by atoms with van der Waals surface area (Å²) in [6, 6.07) is 4.12. The molecular formula is C12H19FN2O. The number of nitrogen functional groups attached to an aromatic ring is 1. The maximum absolute atomic E-state index is 13.1. The highest BCUT2D eigenvalue weighted by Crippen LogP contribution is 2.29. The van der Waals surface area contributed by atoms with Crippen molar-refractivity contribution in [2.75, 3.05) is 11.1 Å². The van der Waals surface area contributed by atoms with Crippen LogP contribution >= 0.6 is 0 Å². The molecule has 0 aromatic heterocycles. The van der Waals surface area contributed by atoms with Gasteiger partial charge in [-0.3, -0.25) is 0 Å². The molecule has 1 aromatic rings. The normalized spacial score (nSPS) is 12.6. The molecule has 0 atom stereocenters. The minimum atomic E-state index is -0.953. The number of rotatable bonds is 3. The summed E-state index contributed by atoms with van der Waals surface area (Å²) in [5.41, 5.74) is 5.11. The van der Waals surface area contributed by atoms with Gasteiger partial charge in [0.1, 0.15) is 5.82 Å². The Kier molecular flexibility index (Phi) is 3.15. The van der Waals surface area contributed by atoms with E-state index >= 15 is 0 Å². The van der Waals surface area contributed by atoms with E-state index in [4.69, 9.17) is 5.73 Å². The van der Waals surface area contributed by atoms with Gasteiger partial charge in [-0.25, -0.2) is 4.39 Å². The first-order chi connectivity index (χ1) is 7.13. The van der Waals surface area contributed by atoms with Crippen LogP contribution in [-0.2, 0) is 0 Å². The summed E-state index contributed by atoms with van der Waals surface area (Å²) in [6.45, 7) is 7.04. The number of nitrogens with one attached hydrogen (secondary N) is 1. The van der Waals surface area contributed by atoms with Crippen molar-refractivity contribution in [2.45, 2.75) is 38.8 Å². The molecule has 1 aromatic carbocycles. The number of nitrogens with two attached hydrogens (primary N) is 1. The first-order valence-electron chi connectivity index (χ1n) is 5.19. The van der Waals surface area contributed by atoms with E-state index in [9.17, 15) is 9.50 Å². The summed E-state index contributed by atoms with van der Waals surface area (Å²) in [6.07, 6.45) is 0. The van der Waals surface area contributed by atoms with Gasteiger partial charge in [0.2, 0.25) is 0 Å². The van der Waals surface area contributed by atoms with Crippen LogP contribution in [0, 0.1) is 5.82 Å². The SMILES string of the molecule is CC(C)(O)C(C)(C)Nc1cc(F)ccc1N. The lowest BCUT2D eigenvalue weighted by Crippen LogP contribution is -2.51. The van der Waals surface area contributed by atoms with Crippen LogP contribution in [0.1, 0.15) is 27.7 Å². The Morgan fingerprint density at radius 1 is 1.25 bits per heavy atom. The second-order valence-electron chi connectivity index (χ2n) is 5.04. The summed E-state index contributed by atoms with van der Waals surface area (Å²) in [5, 5.41) is 13.0. The van der Waals surface area contributed by atoms with E-state index < -0.39 is 11.1 Å². The average molecular weight is 226 g/mol. The highest BCUT2D eigenvalue weighted by molar-refractivity contribution is 5.67. The molecule has 16 heavy (non-hydrogen) atoms. The molecule has 4 heteroatoms. The Hall–Kier alpha value is -1.29. The largest absolute Gasteiger partial charge is 0.397 e. The van der Waals surface area contributed by atoms with Crippen LogP contribution in [0.15, 0.2) is 18.2 Å². The van der Waals surface area contributed by atoms with Crippen molar-refractivity contribution in [3.63, 3.8) is 0 Å². The predicted octanol–water partition coefficient (Wildman–Crippen LogP) is 2.37. The van der Waals surface area contributed by atoms with Crippen molar-refractivity contribution in [3.05, 3.63) is 24.0 Å². The molecule has 1 rings (SSSR count). The molecule has 0 aliphatic rings. The van der Waals surface area contributed by atoms with E-state index in [0.29, 0.717) is 11.4 Å². The Labute approximate surface area is 95.5 Å².